The molecule has 0 unspecified atom stereocenters. The van der Waals surface area contributed by atoms with Crippen LogP contribution in [0.1, 0.15) is 35.6 Å². The summed E-state index contributed by atoms with van der Waals surface area (Å²) in [6, 6.07) is 11.9. The molecule has 2 nitrogen and oxygen atoms in total. The van der Waals surface area contributed by atoms with E-state index >= 15 is 0 Å². The van der Waals surface area contributed by atoms with Gasteiger partial charge >= 0.3 is 0 Å². The number of aryl methyl sites for hydroxylation is 1. The minimum absolute atomic E-state index is 0.127. The Bertz CT molecular complexity index is 657. The molecule has 3 rings (SSSR count). The summed E-state index contributed by atoms with van der Waals surface area (Å²) in [4.78, 5) is 0. The van der Waals surface area contributed by atoms with Gasteiger partial charge in [0, 0.05) is 6.04 Å². The molecule has 0 bridgehead atoms. The standard InChI is InChI=1S/C17H17Cl2NO/c18-15-7-4-11(8-16(15)19)10-21-13-6-5-12-2-1-3-17(20)14(12)9-13/h4-9,17H,1-3,10,20H2/t17-/m1/s1. The number of ether oxygens (including phenoxy) is 1. The number of rotatable bonds is 3. The van der Waals surface area contributed by atoms with E-state index in [0.717, 1.165) is 30.6 Å². The summed E-state index contributed by atoms with van der Waals surface area (Å²) in [5.74, 6) is 0.845. The molecule has 0 amide bonds. The van der Waals surface area contributed by atoms with Crippen LogP contribution in [0.15, 0.2) is 36.4 Å². The van der Waals surface area contributed by atoms with Crippen LogP contribution < -0.4 is 10.5 Å². The molecule has 4 heteroatoms. The number of benzene rings is 2. The van der Waals surface area contributed by atoms with Crippen molar-refractivity contribution >= 4 is 23.2 Å². The van der Waals surface area contributed by atoms with E-state index in [9.17, 15) is 0 Å². The molecule has 0 aliphatic heterocycles. The first kappa shape index (κ1) is 14.7. The van der Waals surface area contributed by atoms with E-state index in [1.165, 1.54) is 11.1 Å². The van der Waals surface area contributed by atoms with Crippen molar-refractivity contribution in [3.05, 3.63) is 63.1 Å². The fraction of sp³-hybridized carbons (Fsp3) is 0.294. The zero-order valence-electron chi connectivity index (χ0n) is 11.6. The molecule has 0 spiro atoms. The van der Waals surface area contributed by atoms with E-state index in [2.05, 4.69) is 12.1 Å². The number of hydrogen-bond donors (Lipinski definition) is 1. The molecule has 1 atom stereocenters. The van der Waals surface area contributed by atoms with Gasteiger partial charge in [-0.05, 0) is 60.2 Å². The average Bonchev–Trinajstić information content (AvgIpc) is 2.49. The molecule has 0 aromatic heterocycles. The molecule has 21 heavy (non-hydrogen) atoms. The van der Waals surface area contributed by atoms with Crippen LogP contribution in [-0.2, 0) is 13.0 Å². The normalized spacial score (nSPS) is 17.4. The molecule has 2 aromatic rings. The molecule has 1 aliphatic rings. The van der Waals surface area contributed by atoms with Gasteiger partial charge in [0.05, 0.1) is 10.0 Å². The van der Waals surface area contributed by atoms with Crippen LogP contribution in [0.2, 0.25) is 10.0 Å². The maximum Gasteiger partial charge on any atom is 0.120 e. The number of hydrogen-bond acceptors (Lipinski definition) is 2. The SMILES string of the molecule is N[C@@H]1CCCc2ccc(OCc3ccc(Cl)c(Cl)c3)cc21. The number of nitrogens with two attached hydrogens (primary N) is 1. The van der Waals surface area contributed by atoms with E-state index in [0.29, 0.717) is 16.7 Å². The maximum absolute atomic E-state index is 6.17. The largest absolute Gasteiger partial charge is 0.489 e. The third kappa shape index (κ3) is 3.34. The summed E-state index contributed by atoms with van der Waals surface area (Å²) in [7, 11) is 0. The van der Waals surface area contributed by atoms with Crippen molar-refractivity contribution in [2.75, 3.05) is 0 Å². The molecule has 0 saturated carbocycles. The van der Waals surface area contributed by atoms with E-state index < -0.39 is 0 Å². The number of fused-ring (bicyclic) bond motifs is 1. The maximum atomic E-state index is 6.17. The Morgan fingerprint density at radius 2 is 1.95 bits per heavy atom. The third-order valence-corrected chi connectivity index (χ3v) is 4.61. The Balaban J connectivity index is 1.73. The Morgan fingerprint density at radius 3 is 2.76 bits per heavy atom. The highest BCUT2D eigenvalue weighted by atomic mass is 35.5. The summed E-state index contributed by atoms with van der Waals surface area (Å²) < 4.78 is 5.84. The van der Waals surface area contributed by atoms with Crippen LogP contribution >= 0.6 is 23.2 Å². The lowest BCUT2D eigenvalue weighted by atomic mass is 9.88. The summed E-state index contributed by atoms with van der Waals surface area (Å²) in [6.07, 6.45) is 3.32. The van der Waals surface area contributed by atoms with Gasteiger partial charge in [0.1, 0.15) is 12.4 Å². The Kier molecular flexibility index (Phi) is 4.39. The average molecular weight is 322 g/mol. The Morgan fingerprint density at radius 1 is 1.10 bits per heavy atom. The van der Waals surface area contributed by atoms with E-state index in [-0.39, 0.29) is 6.04 Å². The van der Waals surface area contributed by atoms with Crippen LogP contribution in [0.5, 0.6) is 5.75 Å². The smallest absolute Gasteiger partial charge is 0.120 e. The summed E-state index contributed by atoms with van der Waals surface area (Å²) in [5, 5.41) is 1.10. The lowest BCUT2D eigenvalue weighted by Crippen LogP contribution is -2.17. The second-order valence-electron chi connectivity index (χ2n) is 5.40. The van der Waals surface area contributed by atoms with Gasteiger partial charge in [-0.1, -0.05) is 35.3 Å². The molecular weight excluding hydrogens is 305 g/mol. The third-order valence-electron chi connectivity index (χ3n) is 3.87. The molecule has 0 heterocycles. The lowest BCUT2D eigenvalue weighted by Gasteiger charge is -2.22. The van der Waals surface area contributed by atoms with Gasteiger partial charge in [-0.3, -0.25) is 0 Å². The first-order valence-electron chi connectivity index (χ1n) is 7.08. The molecule has 0 fully saturated rings. The van der Waals surface area contributed by atoms with Gasteiger partial charge in [-0.25, -0.2) is 0 Å². The van der Waals surface area contributed by atoms with Gasteiger partial charge < -0.3 is 10.5 Å². The minimum atomic E-state index is 0.127. The molecule has 2 aromatic carbocycles. The van der Waals surface area contributed by atoms with Gasteiger partial charge in [-0.15, -0.1) is 0 Å². The van der Waals surface area contributed by atoms with Crippen LogP contribution in [0.3, 0.4) is 0 Å². The van der Waals surface area contributed by atoms with Gasteiger partial charge in [0.15, 0.2) is 0 Å². The van der Waals surface area contributed by atoms with Crippen molar-refractivity contribution in [3.8, 4) is 5.75 Å². The first-order valence-corrected chi connectivity index (χ1v) is 7.84. The summed E-state index contributed by atoms with van der Waals surface area (Å²) >= 11 is 11.9. The van der Waals surface area contributed by atoms with Crippen molar-refractivity contribution < 1.29 is 4.74 Å². The summed E-state index contributed by atoms with van der Waals surface area (Å²) in [5.41, 5.74) is 9.72. The van der Waals surface area contributed by atoms with Crippen molar-refractivity contribution in [1.82, 2.24) is 0 Å². The summed E-state index contributed by atoms with van der Waals surface area (Å²) in [6.45, 7) is 0.463. The van der Waals surface area contributed by atoms with E-state index in [4.69, 9.17) is 33.7 Å². The number of halogens is 2. The van der Waals surface area contributed by atoms with Crippen molar-refractivity contribution in [2.45, 2.75) is 31.9 Å². The van der Waals surface area contributed by atoms with Crippen molar-refractivity contribution in [3.63, 3.8) is 0 Å². The second-order valence-corrected chi connectivity index (χ2v) is 6.21. The van der Waals surface area contributed by atoms with Crippen LogP contribution in [0.25, 0.3) is 0 Å². The first-order chi connectivity index (χ1) is 10.1. The quantitative estimate of drug-likeness (QED) is 0.871. The van der Waals surface area contributed by atoms with Crippen LogP contribution in [0, 0.1) is 0 Å². The zero-order valence-corrected chi connectivity index (χ0v) is 13.1. The molecule has 2 N–H and O–H groups in total. The highest BCUT2D eigenvalue weighted by Crippen LogP contribution is 2.31. The molecule has 0 radical (unpaired) electrons. The molecule has 0 saturated heterocycles. The minimum Gasteiger partial charge on any atom is -0.489 e. The molecule has 1 aliphatic carbocycles. The molecular formula is C17H17Cl2NO. The van der Waals surface area contributed by atoms with Crippen molar-refractivity contribution in [1.29, 1.82) is 0 Å². The predicted molar refractivity (Wildman–Crippen MR) is 87.1 cm³/mol. The fourth-order valence-electron chi connectivity index (χ4n) is 2.70. The molecule has 110 valence electrons. The topological polar surface area (TPSA) is 35.2 Å². The van der Waals surface area contributed by atoms with Gasteiger partial charge in [0.25, 0.3) is 0 Å². The van der Waals surface area contributed by atoms with Gasteiger partial charge in [-0.2, -0.15) is 0 Å². The van der Waals surface area contributed by atoms with E-state index in [1.54, 1.807) is 6.07 Å². The predicted octanol–water partition coefficient (Wildman–Crippen LogP) is 4.91. The lowest BCUT2D eigenvalue weighted by molar-refractivity contribution is 0.305. The highest BCUT2D eigenvalue weighted by molar-refractivity contribution is 6.42. The second kappa shape index (κ2) is 6.27. The Hall–Kier alpha value is -1.22. The highest BCUT2D eigenvalue weighted by Gasteiger charge is 2.17. The van der Waals surface area contributed by atoms with E-state index in [1.807, 2.05) is 18.2 Å². The van der Waals surface area contributed by atoms with Gasteiger partial charge in [0.2, 0.25) is 0 Å². The fourth-order valence-corrected chi connectivity index (χ4v) is 3.02. The van der Waals surface area contributed by atoms with Crippen LogP contribution in [0.4, 0.5) is 0 Å². The monoisotopic (exact) mass is 321 g/mol. The van der Waals surface area contributed by atoms with Crippen LogP contribution in [-0.4, -0.2) is 0 Å². The Labute approximate surface area is 134 Å². The van der Waals surface area contributed by atoms with Crippen molar-refractivity contribution in [2.24, 2.45) is 5.73 Å². The zero-order chi connectivity index (χ0) is 14.8.